The summed E-state index contributed by atoms with van der Waals surface area (Å²) in [5, 5.41) is 3.29. The van der Waals surface area contributed by atoms with Crippen molar-refractivity contribution in [2.24, 2.45) is 0 Å². The Morgan fingerprint density at radius 3 is 2.93 bits per heavy atom. The molecule has 0 amide bonds. The first-order chi connectivity index (χ1) is 7.29. The maximum absolute atomic E-state index is 5.43. The quantitative estimate of drug-likeness (QED) is 0.689. The van der Waals surface area contributed by atoms with Gasteiger partial charge in [-0.1, -0.05) is 0 Å². The van der Waals surface area contributed by atoms with Gasteiger partial charge in [-0.15, -0.1) is 0 Å². The highest BCUT2D eigenvalue weighted by Gasteiger charge is 1.94. The highest BCUT2D eigenvalue weighted by molar-refractivity contribution is 4.93. The van der Waals surface area contributed by atoms with Crippen LogP contribution in [0, 0.1) is 0 Å². The molecule has 0 radical (unpaired) electrons. The Kier molecular flexibility index (Phi) is 5.88. The Labute approximate surface area is 91.1 Å². The van der Waals surface area contributed by atoms with Gasteiger partial charge in [0, 0.05) is 31.7 Å². The molecule has 1 aromatic rings. The number of nitrogens with one attached hydrogen (secondary N) is 1. The van der Waals surface area contributed by atoms with Gasteiger partial charge in [0.2, 0.25) is 0 Å². The molecule has 0 saturated heterocycles. The standard InChI is InChI=1S/C11H19N3O/c1-10(2)15-7-3-4-12-8-11-9-13-5-6-14-11/h5-6,9-10,12H,3-4,7-8H2,1-2H3. The SMILES string of the molecule is CC(C)OCCCNCc1cnccn1. The van der Waals surface area contributed by atoms with Crippen LogP contribution in [0.2, 0.25) is 0 Å². The second-order valence-electron chi connectivity index (χ2n) is 3.65. The van der Waals surface area contributed by atoms with E-state index in [1.807, 2.05) is 13.8 Å². The number of hydrogen-bond donors (Lipinski definition) is 1. The average Bonchev–Trinajstić information content (AvgIpc) is 2.24. The predicted octanol–water partition coefficient (Wildman–Crippen LogP) is 1.38. The number of hydrogen-bond acceptors (Lipinski definition) is 4. The zero-order chi connectivity index (χ0) is 10.9. The van der Waals surface area contributed by atoms with Gasteiger partial charge in [0.05, 0.1) is 11.8 Å². The van der Waals surface area contributed by atoms with Crippen LogP contribution in [-0.4, -0.2) is 29.2 Å². The molecule has 1 aromatic heterocycles. The average molecular weight is 209 g/mol. The number of aromatic nitrogens is 2. The Morgan fingerprint density at radius 2 is 2.27 bits per heavy atom. The summed E-state index contributed by atoms with van der Waals surface area (Å²) >= 11 is 0. The summed E-state index contributed by atoms with van der Waals surface area (Å²) in [6.45, 7) is 6.63. The second kappa shape index (κ2) is 7.31. The van der Waals surface area contributed by atoms with Crippen LogP contribution in [0.15, 0.2) is 18.6 Å². The molecular formula is C11H19N3O. The van der Waals surface area contributed by atoms with E-state index in [0.717, 1.165) is 31.8 Å². The minimum Gasteiger partial charge on any atom is -0.379 e. The summed E-state index contributed by atoms with van der Waals surface area (Å²) in [5.74, 6) is 0. The Balaban J connectivity index is 1.98. The van der Waals surface area contributed by atoms with Crippen LogP contribution in [-0.2, 0) is 11.3 Å². The number of rotatable bonds is 7. The van der Waals surface area contributed by atoms with E-state index in [9.17, 15) is 0 Å². The number of ether oxygens (including phenoxy) is 1. The molecule has 0 atom stereocenters. The van der Waals surface area contributed by atoms with Crippen molar-refractivity contribution in [1.29, 1.82) is 0 Å². The molecule has 0 fully saturated rings. The van der Waals surface area contributed by atoms with E-state index in [1.165, 1.54) is 0 Å². The van der Waals surface area contributed by atoms with Crippen LogP contribution >= 0.6 is 0 Å². The first kappa shape index (κ1) is 12.1. The molecule has 15 heavy (non-hydrogen) atoms. The fourth-order valence-corrected chi connectivity index (χ4v) is 1.15. The van der Waals surface area contributed by atoms with Crippen LogP contribution < -0.4 is 5.32 Å². The van der Waals surface area contributed by atoms with Gasteiger partial charge >= 0.3 is 0 Å². The second-order valence-corrected chi connectivity index (χ2v) is 3.65. The summed E-state index contributed by atoms with van der Waals surface area (Å²) in [7, 11) is 0. The van der Waals surface area contributed by atoms with Gasteiger partial charge in [-0.2, -0.15) is 0 Å². The lowest BCUT2D eigenvalue weighted by Gasteiger charge is -2.07. The van der Waals surface area contributed by atoms with Gasteiger partial charge in [0.25, 0.3) is 0 Å². The first-order valence-electron chi connectivity index (χ1n) is 5.36. The van der Waals surface area contributed by atoms with E-state index in [2.05, 4.69) is 15.3 Å². The summed E-state index contributed by atoms with van der Waals surface area (Å²) in [4.78, 5) is 8.16. The molecule has 0 aliphatic heterocycles. The van der Waals surface area contributed by atoms with E-state index in [0.29, 0.717) is 6.10 Å². The van der Waals surface area contributed by atoms with Crippen molar-refractivity contribution in [2.45, 2.75) is 32.9 Å². The van der Waals surface area contributed by atoms with Gasteiger partial charge in [0.1, 0.15) is 0 Å². The topological polar surface area (TPSA) is 47.0 Å². The van der Waals surface area contributed by atoms with Crippen LogP contribution in [0.4, 0.5) is 0 Å². The van der Waals surface area contributed by atoms with E-state index < -0.39 is 0 Å². The third kappa shape index (κ3) is 6.14. The molecule has 1 heterocycles. The first-order valence-corrected chi connectivity index (χ1v) is 5.36. The highest BCUT2D eigenvalue weighted by Crippen LogP contribution is 1.91. The smallest absolute Gasteiger partial charge is 0.0724 e. The summed E-state index contributed by atoms with van der Waals surface area (Å²) in [6, 6.07) is 0. The molecule has 0 bridgehead atoms. The molecular weight excluding hydrogens is 190 g/mol. The maximum Gasteiger partial charge on any atom is 0.0724 e. The third-order valence-electron chi connectivity index (χ3n) is 1.87. The molecule has 0 spiro atoms. The van der Waals surface area contributed by atoms with Crippen LogP contribution in [0.25, 0.3) is 0 Å². The van der Waals surface area contributed by atoms with Crippen molar-refractivity contribution in [3.8, 4) is 0 Å². The molecule has 0 unspecified atom stereocenters. The van der Waals surface area contributed by atoms with Gasteiger partial charge in [-0.3, -0.25) is 9.97 Å². The van der Waals surface area contributed by atoms with Crippen molar-refractivity contribution >= 4 is 0 Å². The fourth-order valence-electron chi connectivity index (χ4n) is 1.15. The van der Waals surface area contributed by atoms with Crippen molar-refractivity contribution < 1.29 is 4.74 Å². The van der Waals surface area contributed by atoms with Gasteiger partial charge in [-0.25, -0.2) is 0 Å². The van der Waals surface area contributed by atoms with E-state index in [-0.39, 0.29) is 0 Å². The zero-order valence-corrected chi connectivity index (χ0v) is 9.44. The molecule has 0 aromatic carbocycles. The lowest BCUT2D eigenvalue weighted by Crippen LogP contribution is -2.18. The van der Waals surface area contributed by atoms with Gasteiger partial charge < -0.3 is 10.1 Å². The molecule has 0 aliphatic carbocycles. The van der Waals surface area contributed by atoms with E-state index in [4.69, 9.17) is 4.74 Å². The van der Waals surface area contributed by atoms with Gasteiger partial charge in [0.15, 0.2) is 0 Å². The van der Waals surface area contributed by atoms with Crippen LogP contribution in [0.3, 0.4) is 0 Å². The maximum atomic E-state index is 5.43. The van der Waals surface area contributed by atoms with Crippen molar-refractivity contribution in [3.63, 3.8) is 0 Å². The normalized spacial score (nSPS) is 10.9. The molecule has 84 valence electrons. The van der Waals surface area contributed by atoms with Crippen LogP contribution in [0.5, 0.6) is 0 Å². The minimum atomic E-state index is 0.324. The summed E-state index contributed by atoms with van der Waals surface area (Å²) in [5.41, 5.74) is 0.974. The molecule has 4 heteroatoms. The monoisotopic (exact) mass is 209 g/mol. The zero-order valence-electron chi connectivity index (χ0n) is 9.44. The minimum absolute atomic E-state index is 0.324. The van der Waals surface area contributed by atoms with Crippen LogP contribution in [0.1, 0.15) is 26.0 Å². The molecule has 0 saturated carbocycles. The third-order valence-corrected chi connectivity index (χ3v) is 1.87. The molecule has 4 nitrogen and oxygen atoms in total. The van der Waals surface area contributed by atoms with Crippen molar-refractivity contribution in [3.05, 3.63) is 24.3 Å². The summed E-state index contributed by atoms with van der Waals surface area (Å²) in [6.07, 6.45) is 6.51. The molecule has 1 rings (SSSR count). The Bertz CT molecular complexity index is 251. The summed E-state index contributed by atoms with van der Waals surface area (Å²) < 4.78 is 5.43. The van der Waals surface area contributed by atoms with Gasteiger partial charge in [-0.05, 0) is 26.8 Å². The molecule has 0 aliphatic rings. The lowest BCUT2D eigenvalue weighted by molar-refractivity contribution is 0.0770. The fraction of sp³-hybridized carbons (Fsp3) is 0.636. The van der Waals surface area contributed by atoms with Crippen molar-refractivity contribution in [1.82, 2.24) is 15.3 Å². The molecule has 1 N–H and O–H groups in total. The van der Waals surface area contributed by atoms with Crippen molar-refractivity contribution in [2.75, 3.05) is 13.2 Å². The highest BCUT2D eigenvalue weighted by atomic mass is 16.5. The Hall–Kier alpha value is -1.00. The predicted molar refractivity (Wildman–Crippen MR) is 59.4 cm³/mol. The Morgan fingerprint density at radius 1 is 1.40 bits per heavy atom. The van der Waals surface area contributed by atoms with E-state index in [1.54, 1.807) is 18.6 Å². The largest absolute Gasteiger partial charge is 0.379 e. The number of nitrogens with zero attached hydrogens (tertiary/aromatic N) is 2. The van der Waals surface area contributed by atoms with E-state index >= 15 is 0 Å². The lowest BCUT2D eigenvalue weighted by atomic mass is 10.4.